The minimum Gasteiger partial charge on any atom is -0.466 e. The van der Waals surface area contributed by atoms with Crippen molar-refractivity contribution < 1.29 is 23.6 Å². The van der Waals surface area contributed by atoms with Crippen molar-refractivity contribution in [2.24, 2.45) is 5.92 Å². The van der Waals surface area contributed by atoms with E-state index in [1.807, 2.05) is 13.0 Å². The van der Waals surface area contributed by atoms with Gasteiger partial charge in [-0.3, -0.25) is 9.63 Å². The Morgan fingerprint density at radius 1 is 1.15 bits per heavy atom. The van der Waals surface area contributed by atoms with Crippen LogP contribution in [0, 0.1) is 5.92 Å². The van der Waals surface area contributed by atoms with E-state index in [-0.39, 0.29) is 29.4 Å². The van der Waals surface area contributed by atoms with Gasteiger partial charge in [-0.2, -0.15) is 0 Å². The van der Waals surface area contributed by atoms with Gasteiger partial charge in [0.15, 0.2) is 8.32 Å². The number of methoxy groups -OCH3 is 1. The van der Waals surface area contributed by atoms with Crippen LogP contribution in [0.5, 0.6) is 0 Å². The second-order valence-corrected chi connectivity index (χ2v) is 12.6. The molecule has 6 nitrogen and oxygen atoms in total. The molecule has 0 aliphatic rings. The van der Waals surface area contributed by atoms with E-state index in [1.165, 1.54) is 25.4 Å². The number of allylic oxidation sites excluding steroid dienone is 2. The molecule has 7 heteroatoms. The molecule has 0 fully saturated rings. The number of hydroxylamine groups is 2. The van der Waals surface area contributed by atoms with E-state index in [2.05, 4.69) is 38.6 Å². The Kier molecular flexibility index (Phi) is 10.1. The van der Waals surface area contributed by atoms with Gasteiger partial charge >= 0.3 is 5.97 Å². The second-order valence-electron chi connectivity index (χ2n) is 7.82. The Bertz CT molecular complexity index is 523. The second kappa shape index (κ2) is 10.6. The lowest BCUT2D eigenvalue weighted by Crippen LogP contribution is -2.46. The van der Waals surface area contributed by atoms with Crippen molar-refractivity contribution in [3.8, 4) is 0 Å². The van der Waals surface area contributed by atoms with Gasteiger partial charge in [0.25, 0.3) is 0 Å². The summed E-state index contributed by atoms with van der Waals surface area (Å²) in [7, 11) is 2.33. The van der Waals surface area contributed by atoms with Gasteiger partial charge in [0.05, 0.1) is 26.7 Å². The Balaban J connectivity index is 5.30. The Labute approximate surface area is 159 Å². The molecule has 0 aromatic carbocycles. The third-order valence-corrected chi connectivity index (χ3v) is 9.30. The molecule has 0 N–H and O–H groups in total. The Morgan fingerprint density at radius 2 is 1.73 bits per heavy atom. The van der Waals surface area contributed by atoms with Crippen LogP contribution in [0.15, 0.2) is 24.3 Å². The van der Waals surface area contributed by atoms with Gasteiger partial charge in [0.1, 0.15) is 0 Å². The number of rotatable bonds is 9. The van der Waals surface area contributed by atoms with Crippen molar-refractivity contribution >= 4 is 20.2 Å². The molecule has 0 aromatic heterocycles. The van der Waals surface area contributed by atoms with Crippen molar-refractivity contribution in [1.29, 1.82) is 0 Å². The zero-order chi connectivity index (χ0) is 20.5. The molecule has 0 radical (unpaired) electrons. The van der Waals surface area contributed by atoms with Crippen LogP contribution in [0.25, 0.3) is 0 Å². The first-order valence-corrected chi connectivity index (χ1v) is 11.7. The highest BCUT2D eigenvalue weighted by Gasteiger charge is 2.40. The monoisotopic (exact) mass is 385 g/mol. The maximum Gasteiger partial charge on any atom is 0.330 e. The number of carbonyl (C=O) groups excluding carboxylic acids is 2. The van der Waals surface area contributed by atoms with E-state index in [9.17, 15) is 9.59 Å². The van der Waals surface area contributed by atoms with Crippen molar-refractivity contribution in [2.75, 3.05) is 21.3 Å². The van der Waals surface area contributed by atoms with E-state index in [1.54, 1.807) is 19.2 Å². The number of carbonyl (C=O) groups is 2. The fourth-order valence-corrected chi connectivity index (χ4v) is 3.27. The fraction of sp³-hybridized carbons (Fsp3) is 0.684. The maximum absolute atomic E-state index is 12.3. The number of amides is 1. The molecule has 0 bridgehead atoms. The number of nitrogens with zero attached hydrogens (tertiary/aromatic N) is 1. The van der Waals surface area contributed by atoms with Crippen LogP contribution in [0.3, 0.4) is 0 Å². The smallest absolute Gasteiger partial charge is 0.330 e. The molecule has 0 aliphatic carbocycles. The van der Waals surface area contributed by atoms with E-state index >= 15 is 0 Å². The van der Waals surface area contributed by atoms with Crippen molar-refractivity contribution in [1.82, 2.24) is 5.06 Å². The summed E-state index contributed by atoms with van der Waals surface area (Å²) in [6.45, 7) is 12.8. The van der Waals surface area contributed by atoms with Gasteiger partial charge in [-0.05, 0) is 24.1 Å². The largest absolute Gasteiger partial charge is 0.466 e. The fourth-order valence-electron chi connectivity index (χ4n) is 1.86. The maximum atomic E-state index is 12.3. The highest BCUT2D eigenvalue weighted by molar-refractivity contribution is 6.74. The summed E-state index contributed by atoms with van der Waals surface area (Å²) in [5.74, 6) is -0.560. The van der Waals surface area contributed by atoms with Crippen LogP contribution in [0.4, 0.5) is 0 Å². The SMILES string of the molecule is COC(=O)/C=C\C=C\[C@@H](C)[C@H](CC(=O)N(C)OC)O[Si](C)(C)C(C)(C)C. The normalized spacial score (nSPS) is 15.3. The lowest BCUT2D eigenvalue weighted by atomic mass is 10.0. The molecule has 0 aliphatic heterocycles. The first-order chi connectivity index (χ1) is 11.9. The highest BCUT2D eigenvalue weighted by Crippen LogP contribution is 2.38. The zero-order valence-electron chi connectivity index (χ0n) is 17.7. The molecule has 0 spiro atoms. The quantitative estimate of drug-likeness (QED) is 0.199. The van der Waals surface area contributed by atoms with Crippen LogP contribution in [0.1, 0.15) is 34.1 Å². The molecular formula is C19H35NO5Si. The number of hydrogen-bond acceptors (Lipinski definition) is 5. The number of ether oxygens (including phenoxy) is 1. The summed E-state index contributed by atoms with van der Waals surface area (Å²) in [4.78, 5) is 28.4. The first kappa shape index (κ1) is 24.6. The van der Waals surface area contributed by atoms with Crippen molar-refractivity contribution in [2.45, 2.75) is 58.4 Å². The topological polar surface area (TPSA) is 65.1 Å². The van der Waals surface area contributed by atoms with Gasteiger partial charge in [-0.1, -0.05) is 45.9 Å². The predicted octanol–water partition coefficient (Wildman–Crippen LogP) is 3.71. The van der Waals surface area contributed by atoms with Gasteiger partial charge in [-0.15, -0.1) is 0 Å². The Hall–Kier alpha value is -1.44. The molecule has 150 valence electrons. The summed E-state index contributed by atoms with van der Waals surface area (Å²) in [5, 5.41) is 1.26. The van der Waals surface area contributed by atoms with Crippen LogP contribution >= 0.6 is 0 Å². The van der Waals surface area contributed by atoms with Gasteiger partial charge in [0.2, 0.25) is 5.91 Å². The minimum atomic E-state index is -2.05. The van der Waals surface area contributed by atoms with Gasteiger partial charge in [-0.25, -0.2) is 9.86 Å². The van der Waals surface area contributed by atoms with Crippen molar-refractivity contribution in [3.63, 3.8) is 0 Å². The Morgan fingerprint density at radius 3 is 2.19 bits per heavy atom. The van der Waals surface area contributed by atoms with Crippen molar-refractivity contribution in [3.05, 3.63) is 24.3 Å². The van der Waals surface area contributed by atoms with Gasteiger partial charge in [0, 0.05) is 13.1 Å². The highest BCUT2D eigenvalue weighted by atomic mass is 28.4. The molecule has 1 amide bonds. The molecule has 26 heavy (non-hydrogen) atoms. The average molecular weight is 386 g/mol. The van der Waals surface area contributed by atoms with Crippen LogP contribution < -0.4 is 0 Å². The van der Waals surface area contributed by atoms with E-state index < -0.39 is 14.3 Å². The minimum absolute atomic E-state index is 0.0133. The van der Waals surface area contributed by atoms with Gasteiger partial charge < -0.3 is 9.16 Å². The molecule has 0 aromatic rings. The lowest BCUT2D eigenvalue weighted by molar-refractivity contribution is -0.170. The zero-order valence-corrected chi connectivity index (χ0v) is 18.7. The molecular weight excluding hydrogens is 350 g/mol. The van der Waals surface area contributed by atoms with Crippen LogP contribution in [-0.4, -0.2) is 52.6 Å². The summed E-state index contributed by atoms with van der Waals surface area (Å²) in [6.07, 6.45) is 6.61. The third-order valence-electron chi connectivity index (χ3n) is 4.80. The van der Waals surface area contributed by atoms with Crippen LogP contribution in [0.2, 0.25) is 18.1 Å². The molecule has 0 rings (SSSR count). The summed E-state index contributed by atoms with van der Waals surface area (Å²) in [6, 6.07) is 0. The van der Waals surface area contributed by atoms with E-state index in [0.29, 0.717) is 0 Å². The van der Waals surface area contributed by atoms with E-state index in [4.69, 9.17) is 9.26 Å². The molecule has 2 atom stereocenters. The number of esters is 1. The summed E-state index contributed by atoms with van der Waals surface area (Å²) in [5.41, 5.74) is 0. The molecule has 0 saturated heterocycles. The summed E-state index contributed by atoms with van der Waals surface area (Å²) >= 11 is 0. The number of hydrogen-bond donors (Lipinski definition) is 0. The third kappa shape index (κ3) is 8.29. The lowest BCUT2D eigenvalue weighted by Gasteiger charge is -2.40. The average Bonchev–Trinajstić information content (AvgIpc) is 2.55. The predicted molar refractivity (Wildman–Crippen MR) is 106 cm³/mol. The molecule has 0 heterocycles. The standard InChI is InChI=1S/C19H35NO5Si/c1-15(12-10-11-13-18(22)23-6)16(14-17(21)20(5)24-7)25-26(8,9)19(2,3)4/h10-13,15-16H,14H2,1-9H3/b12-10+,13-11-/t15-,16+/m1/s1. The van der Waals surface area contributed by atoms with E-state index in [0.717, 1.165) is 0 Å². The first-order valence-electron chi connectivity index (χ1n) is 8.77. The van der Waals surface area contributed by atoms with Crippen LogP contribution in [-0.2, 0) is 23.6 Å². The summed E-state index contributed by atoms with van der Waals surface area (Å²) < 4.78 is 11.1. The molecule has 0 unspecified atom stereocenters. The molecule has 0 saturated carbocycles.